The third-order valence-electron chi connectivity index (χ3n) is 3.69. The van der Waals surface area contributed by atoms with Gasteiger partial charge in [0.05, 0.1) is 6.10 Å². The molecule has 1 aromatic rings. The Morgan fingerprint density at radius 2 is 2.26 bits per heavy atom. The van der Waals surface area contributed by atoms with Crippen molar-refractivity contribution in [3.8, 4) is 0 Å². The van der Waals surface area contributed by atoms with E-state index in [4.69, 9.17) is 9.84 Å². The maximum atomic E-state index is 11.0. The number of hydrogen-bond donors (Lipinski definition) is 1. The van der Waals surface area contributed by atoms with E-state index in [1.807, 2.05) is 6.07 Å². The second-order valence-corrected chi connectivity index (χ2v) is 5.61. The van der Waals surface area contributed by atoms with E-state index in [0.717, 1.165) is 25.3 Å². The first kappa shape index (κ1) is 13.8. The first-order valence-corrected chi connectivity index (χ1v) is 6.42. The smallest absolute Gasteiger partial charge is 0.354 e. The molecule has 0 spiro atoms. The molecule has 1 saturated heterocycles. The van der Waals surface area contributed by atoms with Gasteiger partial charge in [-0.05, 0) is 18.6 Å². The van der Waals surface area contributed by atoms with E-state index < -0.39 is 5.97 Å². The quantitative estimate of drug-likeness (QED) is 0.905. The highest BCUT2D eigenvalue weighted by Crippen LogP contribution is 2.33. The third kappa shape index (κ3) is 2.87. The SMILES string of the molecule is COC1CCN(c2cccc(C(=O)O)n2)CC1(C)C. The number of carboxylic acids is 1. The molecule has 1 unspecified atom stereocenters. The molecule has 5 heteroatoms. The lowest BCUT2D eigenvalue weighted by atomic mass is 9.81. The lowest BCUT2D eigenvalue weighted by molar-refractivity contribution is -0.00644. The van der Waals surface area contributed by atoms with Gasteiger partial charge in [0.1, 0.15) is 5.82 Å². The van der Waals surface area contributed by atoms with Gasteiger partial charge in [0.2, 0.25) is 0 Å². The highest BCUT2D eigenvalue weighted by molar-refractivity contribution is 5.85. The average molecular weight is 264 g/mol. The van der Waals surface area contributed by atoms with Crippen molar-refractivity contribution >= 4 is 11.8 Å². The summed E-state index contributed by atoms with van der Waals surface area (Å²) in [5.74, 6) is -0.268. The Labute approximate surface area is 113 Å². The lowest BCUT2D eigenvalue weighted by Gasteiger charge is -2.44. The molecule has 1 aliphatic rings. The van der Waals surface area contributed by atoms with E-state index in [2.05, 4.69) is 23.7 Å². The number of anilines is 1. The highest BCUT2D eigenvalue weighted by Gasteiger charge is 2.36. The van der Waals surface area contributed by atoms with Crippen LogP contribution < -0.4 is 4.90 Å². The molecule has 1 N–H and O–H groups in total. The Morgan fingerprint density at radius 3 is 2.84 bits per heavy atom. The monoisotopic (exact) mass is 264 g/mol. The van der Waals surface area contributed by atoms with E-state index in [-0.39, 0.29) is 17.2 Å². The number of methoxy groups -OCH3 is 1. The Kier molecular flexibility index (Phi) is 3.75. The second kappa shape index (κ2) is 5.17. The summed E-state index contributed by atoms with van der Waals surface area (Å²) >= 11 is 0. The molecule has 19 heavy (non-hydrogen) atoms. The summed E-state index contributed by atoms with van der Waals surface area (Å²) in [7, 11) is 1.74. The zero-order valence-electron chi connectivity index (χ0n) is 11.6. The second-order valence-electron chi connectivity index (χ2n) is 5.61. The molecule has 0 saturated carbocycles. The molecule has 2 rings (SSSR count). The van der Waals surface area contributed by atoms with E-state index in [9.17, 15) is 4.79 Å². The van der Waals surface area contributed by atoms with E-state index in [1.54, 1.807) is 13.2 Å². The molecule has 0 amide bonds. The average Bonchev–Trinajstić information content (AvgIpc) is 2.37. The van der Waals surface area contributed by atoms with Crippen molar-refractivity contribution in [3.05, 3.63) is 23.9 Å². The Hall–Kier alpha value is -1.62. The zero-order valence-corrected chi connectivity index (χ0v) is 11.6. The van der Waals surface area contributed by atoms with Crippen molar-refractivity contribution in [3.63, 3.8) is 0 Å². The number of aromatic nitrogens is 1. The standard InChI is InChI=1S/C14H20N2O3/c1-14(2)9-16(8-7-11(14)19-3)12-6-4-5-10(15-12)13(17)18/h4-6,11H,7-9H2,1-3H3,(H,17,18). The fraction of sp³-hybridized carbons (Fsp3) is 0.571. The van der Waals surface area contributed by atoms with Gasteiger partial charge in [-0.25, -0.2) is 9.78 Å². The van der Waals surface area contributed by atoms with Crippen molar-refractivity contribution < 1.29 is 14.6 Å². The van der Waals surface area contributed by atoms with Crippen LogP contribution in [0.4, 0.5) is 5.82 Å². The van der Waals surface area contributed by atoms with Crippen LogP contribution in [-0.4, -0.2) is 42.4 Å². The normalized spacial score (nSPS) is 22.3. The van der Waals surface area contributed by atoms with Gasteiger partial charge in [0.25, 0.3) is 0 Å². The molecule has 0 bridgehead atoms. The van der Waals surface area contributed by atoms with Crippen LogP contribution in [-0.2, 0) is 4.74 Å². The Bertz CT molecular complexity index is 474. The molecule has 1 fully saturated rings. The van der Waals surface area contributed by atoms with Crippen molar-refractivity contribution in [2.75, 3.05) is 25.1 Å². The molecule has 104 valence electrons. The van der Waals surface area contributed by atoms with Gasteiger partial charge >= 0.3 is 5.97 Å². The fourth-order valence-electron chi connectivity index (χ4n) is 2.69. The number of ether oxygens (including phenoxy) is 1. The van der Waals surface area contributed by atoms with Crippen LogP contribution in [0.15, 0.2) is 18.2 Å². The summed E-state index contributed by atoms with van der Waals surface area (Å²) in [5, 5.41) is 8.99. The molecular formula is C14H20N2O3. The number of pyridine rings is 1. The van der Waals surface area contributed by atoms with Crippen molar-refractivity contribution in [1.29, 1.82) is 0 Å². The lowest BCUT2D eigenvalue weighted by Crippen LogP contribution is -2.49. The van der Waals surface area contributed by atoms with Crippen molar-refractivity contribution in [1.82, 2.24) is 4.98 Å². The molecule has 2 heterocycles. The van der Waals surface area contributed by atoms with Crippen LogP contribution in [0.25, 0.3) is 0 Å². The number of nitrogens with zero attached hydrogens (tertiary/aromatic N) is 2. The number of piperidine rings is 1. The first-order chi connectivity index (χ1) is 8.94. The fourth-order valence-corrected chi connectivity index (χ4v) is 2.69. The molecule has 5 nitrogen and oxygen atoms in total. The van der Waals surface area contributed by atoms with Gasteiger partial charge < -0.3 is 14.7 Å². The molecule has 0 radical (unpaired) electrons. The Morgan fingerprint density at radius 1 is 1.53 bits per heavy atom. The summed E-state index contributed by atoms with van der Waals surface area (Å²) in [6.45, 7) is 5.96. The molecule has 0 aromatic carbocycles. The molecule has 1 aromatic heterocycles. The topological polar surface area (TPSA) is 62.7 Å². The van der Waals surface area contributed by atoms with Gasteiger partial charge in [0.15, 0.2) is 5.69 Å². The summed E-state index contributed by atoms with van der Waals surface area (Å²) in [5.41, 5.74) is 0.109. The maximum Gasteiger partial charge on any atom is 0.354 e. The predicted molar refractivity (Wildman–Crippen MR) is 72.6 cm³/mol. The minimum atomic E-state index is -0.993. The summed E-state index contributed by atoms with van der Waals surface area (Å²) < 4.78 is 5.51. The predicted octanol–water partition coefficient (Wildman–Crippen LogP) is 2.03. The van der Waals surface area contributed by atoms with Gasteiger partial charge in [-0.1, -0.05) is 19.9 Å². The van der Waals surface area contributed by atoms with Gasteiger partial charge in [-0.15, -0.1) is 0 Å². The van der Waals surface area contributed by atoms with E-state index >= 15 is 0 Å². The van der Waals surface area contributed by atoms with E-state index in [1.165, 1.54) is 6.07 Å². The summed E-state index contributed by atoms with van der Waals surface area (Å²) in [4.78, 5) is 17.3. The third-order valence-corrected chi connectivity index (χ3v) is 3.69. The molecular weight excluding hydrogens is 244 g/mol. The van der Waals surface area contributed by atoms with Gasteiger partial charge in [-0.3, -0.25) is 0 Å². The van der Waals surface area contributed by atoms with Crippen molar-refractivity contribution in [2.45, 2.75) is 26.4 Å². The number of carboxylic acid groups (broad SMARTS) is 1. The van der Waals surface area contributed by atoms with Crippen LogP contribution in [0.5, 0.6) is 0 Å². The molecule has 1 atom stereocenters. The largest absolute Gasteiger partial charge is 0.477 e. The molecule has 1 aliphatic heterocycles. The minimum absolute atomic E-state index is 0.0217. The summed E-state index contributed by atoms with van der Waals surface area (Å²) in [6.07, 6.45) is 1.15. The van der Waals surface area contributed by atoms with Gasteiger partial charge in [-0.2, -0.15) is 0 Å². The summed E-state index contributed by atoms with van der Waals surface area (Å²) in [6, 6.07) is 5.11. The first-order valence-electron chi connectivity index (χ1n) is 6.42. The van der Waals surface area contributed by atoms with E-state index in [0.29, 0.717) is 0 Å². The van der Waals surface area contributed by atoms with Crippen LogP contribution in [0.3, 0.4) is 0 Å². The van der Waals surface area contributed by atoms with Crippen LogP contribution >= 0.6 is 0 Å². The van der Waals surface area contributed by atoms with Crippen LogP contribution in [0, 0.1) is 5.41 Å². The minimum Gasteiger partial charge on any atom is -0.477 e. The maximum absolute atomic E-state index is 11.0. The molecule has 0 aliphatic carbocycles. The van der Waals surface area contributed by atoms with Crippen molar-refractivity contribution in [2.24, 2.45) is 5.41 Å². The number of rotatable bonds is 3. The van der Waals surface area contributed by atoms with Crippen LogP contribution in [0.1, 0.15) is 30.8 Å². The highest BCUT2D eigenvalue weighted by atomic mass is 16.5. The number of aromatic carboxylic acids is 1. The van der Waals surface area contributed by atoms with Crippen LogP contribution in [0.2, 0.25) is 0 Å². The zero-order chi connectivity index (χ0) is 14.0. The Balaban J connectivity index is 2.20. The van der Waals surface area contributed by atoms with Gasteiger partial charge in [0, 0.05) is 25.6 Å². The number of carbonyl (C=O) groups is 1. The number of hydrogen-bond acceptors (Lipinski definition) is 4.